The Hall–Kier alpha value is -10.3. The molecule has 0 aliphatic heterocycles. The van der Waals surface area contributed by atoms with Gasteiger partial charge in [-0.25, -0.2) is 45.5 Å². The number of esters is 1. The van der Waals surface area contributed by atoms with Gasteiger partial charge >= 0.3 is 17.8 Å². The van der Waals surface area contributed by atoms with Crippen LogP contribution in [-0.2, 0) is 20.7 Å². The lowest BCUT2D eigenvalue weighted by molar-refractivity contribution is -0.144. The molecule has 3 saturated carbocycles. The number of nitrogen functional groups attached to an aromatic ring is 3. The topological polar surface area (TPSA) is 362 Å². The molecule has 3 fully saturated rings. The predicted octanol–water partition coefficient (Wildman–Crippen LogP) is 12.6. The molecule has 520 valence electrons. The Bertz CT molecular complexity index is 4610. The second-order valence-electron chi connectivity index (χ2n) is 25.0. The largest absolute Gasteiger partial charge is 0.466 e. The molecule has 1 amide bonds. The van der Waals surface area contributed by atoms with Crippen molar-refractivity contribution in [1.29, 1.82) is 0 Å². The summed E-state index contributed by atoms with van der Waals surface area (Å²) in [5.74, 6) is 9.95. The second kappa shape index (κ2) is 34.0. The summed E-state index contributed by atoms with van der Waals surface area (Å²) < 4.78 is 17.1. The van der Waals surface area contributed by atoms with Crippen LogP contribution in [0.15, 0.2) is 175 Å². The molecule has 0 spiro atoms. The quantitative estimate of drug-likeness (QED) is 0.0205. The Labute approximate surface area is 590 Å². The van der Waals surface area contributed by atoms with E-state index in [2.05, 4.69) is 129 Å². The Morgan fingerprint density at radius 2 is 0.920 bits per heavy atom. The lowest BCUT2D eigenvalue weighted by atomic mass is 9.77. The molecular weight excluding hydrogens is 1340 g/mol. The van der Waals surface area contributed by atoms with Gasteiger partial charge in [0.15, 0.2) is 21.2 Å². The molecule has 12 aromatic rings. The monoisotopic (exact) mass is 1410 g/mol. The number of nitrogens with two attached hydrogens (primary N) is 4. The molecule has 3 aliphatic carbocycles. The van der Waals surface area contributed by atoms with Crippen LogP contribution in [0.3, 0.4) is 0 Å². The van der Waals surface area contributed by atoms with Gasteiger partial charge in [-0.15, -0.1) is 5.10 Å². The van der Waals surface area contributed by atoms with Gasteiger partial charge in [-0.1, -0.05) is 108 Å². The third-order valence-corrected chi connectivity index (χ3v) is 18.8. The summed E-state index contributed by atoms with van der Waals surface area (Å²) in [4.78, 5) is 66.4. The summed E-state index contributed by atoms with van der Waals surface area (Å²) in [7, 11) is 0. The Balaban J connectivity index is 0.000000136. The second-order valence-corrected chi connectivity index (χ2v) is 26.9. The number of rotatable bonds is 13. The number of nitrogens with one attached hydrogen (secondary N) is 2. The minimum atomic E-state index is -0.750. The number of anilines is 3. The number of carbonyl (C=O) groups excluding carboxylic acids is 3. The summed E-state index contributed by atoms with van der Waals surface area (Å²) in [5.41, 5.74) is 33.1. The third kappa shape index (κ3) is 18.1. The number of hydrazine groups is 1. The standard InChI is InChI=1S/C22H26N4O2.C21H22N6O2.C20H24N6O.C7H6N4O.CHCl3/c1-2-28-21(27)13-15-3-5-16(6-4-15)17-7-9-18(10-8-17)19-14-24-20-11-12-25-26(20)22(19)23;22-20-17(12-23-18-9-10-24-27(18)20)16-7-5-15(6-8-16)14-3-1-13(2-4-14)11-19-25-26-21(28)29-19;21-20-17(12-23-18-9-10-24-26(18)20)16-7-5-15(6-8-16)14-3-1-13(2-4-14)11-19(27)25-22;12-7(10-3-1-8-5-10)11-4-2-9-6-11;2-1(3)4/h7-12,14-16H,2-6,13,23H2,1H3;5-10,12-14H,1-4,11,22H2,(H,26,28);5-10,12-14H,1-4,11,21-22H2,(H,25,27);1-6H;1H. The van der Waals surface area contributed by atoms with E-state index in [1.807, 2.05) is 31.3 Å². The van der Waals surface area contributed by atoms with Crippen LogP contribution in [0.2, 0.25) is 0 Å². The molecule has 0 radical (unpaired) electrons. The van der Waals surface area contributed by atoms with Crippen LogP contribution >= 0.6 is 34.8 Å². The molecule has 3 aromatic carbocycles. The first-order valence-corrected chi connectivity index (χ1v) is 34.6. The molecule has 0 atom stereocenters. The van der Waals surface area contributed by atoms with E-state index in [0.717, 1.165) is 134 Å². The van der Waals surface area contributed by atoms with E-state index in [1.54, 1.807) is 69.3 Å². The lowest BCUT2D eigenvalue weighted by Gasteiger charge is -2.28. The van der Waals surface area contributed by atoms with E-state index in [9.17, 15) is 19.2 Å². The summed E-state index contributed by atoms with van der Waals surface area (Å²) in [6.07, 6.45) is 34.7. The van der Waals surface area contributed by atoms with Gasteiger partial charge < -0.3 is 26.4 Å². The lowest BCUT2D eigenvalue weighted by Crippen LogP contribution is -2.32. The molecule has 26 nitrogen and oxygen atoms in total. The van der Waals surface area contributed by atoms with E-state index >= 15 is 0 Å². The van der Waals surface area contributed by atoms with Crippen molar-refractivity contribution in [2.45, 2.75) is 125 Å². The maximum absolute atomic E-state index is 11.7. The summed E-state index contributed by atoms with van der Waals surface area (Å²) in [6.45, 7) is 2.32. The van der Waals surface area contributed by atoms with Gasteiger partial charge in [0.25, 0.3) is 0 Å². The van der Waals surface area contributed by atoms with E-state index in [-0.39, 0.29) is 17.9 Å². The van der Waals surface area contributed by atoms with Crippen molar-refractivity contribution in [2.75, 3.05) is 23.8 Å². The van der Waals surface area contributed by atoms with Crippen LogP contribution in [0.5, 0.6) is 0 Å². The molecule has 3 aliphatic rings. The number of hydrogen-bond acceptors (Lipinski definition) is 19. The Morgan fingerprint density at radius 1 is 0.550 bits per heavy atom. The van der Waals surface area contributed by atoms with Crippen molar-refractivity contribution >= 4 is 87.1 Å². The van der Waals surface area contributed by atoms with Gasteiger partial charge in [0.2, 0.25) is 11.8 Å². The number of halogens is 3. The highest BCUT2D eigenvalue weighted by atomic mass is 35.6. The normalized spacial score (nSPS) is 18.1. The first kappa shape index (κ1) is 71.0. The average molecular weight is 1410 g/mol. The summed E-state index contributed by atoms with van der Waals surface area (Å²) >= 11 is 14.4. The van der Waals surface area contributed by atoms with Gasteiger partial charge in [0.05, 0.1) is 25.2 Å². The smallest absolute Gasteiger partial charge is 0.434 e. The summed E-state index contributed by atoms with van der Waals surface area (Å²) in [6, 6.07) is 31.1. The van der Waals surface area contributed by atoms with Crippen LogP contribution in [0.1, 0.15) is 137 Å². The van der Waals surface area contributed by atoms with Gasteiger partial charge in [0.1, 0.15) is 30.1 Å². The third-order valence-electron chi connectivity index (χ3n) is 18.8. The van der Waals surface area contributed by atoms with Crippen LogP contribution in [-0.4, -0.2) is 102 Å². The summed E-state index contributed by atoms with van der Waals surface area (Å²) in [5, 5.41) is 18.9. The number of H-pyrrole nitrogens is 1. The molecule has 100 heavy (non-hydrogen) atoms. The molecule has 0 saturated heterocycles. The average Bonchev–Trinajstić information content (AvgIpc) is 1.52. The molecule has 10 N–H and O–H groups in total. The Morgan fingerprint density at radius 3 is 1.25 bits per heavy atom. The zero-order valence-corrected chi connectivity index (χ0v) is 57.4. The van der Waals surface area contributed by atoms with Gasteiger partial charge in [-0.2, -0.15) is 28.8 Å². The highest BCUT2D eigenvalue weighted by Gasteiger charge is 2.28. The first-order valence-electron chi connectivity index (χ1n) is 33.3. The fourth-order valence-electron chi connectivity index (χ4n) is 13.5. The van der Waals surface area contributed by atoms with Gasteiger partial charge in [-0.05, 0) is 153 Å². The van der Waals surface area contributed by atoms with Crippen molar-refractivity contribution in [1.82, 2.24) is 78.5 Å². The molecule has 9 heterocycles. The first-order chi connectivity index (χ1) is 48.6. The molecule has 0 unspecified atom stereocenters. The van der Waals surface area contributed by atoms with E-state index < -0.39 is 10.1 Å². The highest BCUT2D eigenvalue weighted by Crippen LogP contribution is 2.41. The maximum atomic E-state index is 11.7. The minimum absolute atomic E-state index is 0.0596. The SMILES string of the molecule is CCOC(=O)CC1CCC(c2ccc(-c3cnc4ccnn4c3N)cc2)CC1.ClC(Cl)Cl.NNC(=O)CC1CCC(c2ccc(-c3cnc4ccnn4c3N)cc2)CC1.Nc1c(-c2ccc(C3CCC(Cc4n[nH]c(=O)o4)CC3)cc2)cnc2ccnn12.O=C(n1ccnc1)n1ccnc1. The maximum Gasteiger partial charge on any atom is 0.434 e. The number of fused-ring (bicyclic) bond motifs is 3. The van der Waals surface area contributed by atoms with Crippen LogP contribution in [0, 0.1) is 17.8 Å². The fourth-order valence-corrected chi connectivity index (χ4v) is 13.5. The molecule has 0 bridgehead atoms. The zero-order chi connectivity index (χ0) is 70.1. The number of nitrogens with zero attached hydrogens (tertiary/aromatic N) is 14. The number of amides is 1. The Kier molecular flexibility index (Phi) is 24.1. The number of benzene rings is 3. The number of imidazole rings is 2. The van der Waals surface area contributed by atoms with E-state index in [0.29, 0.717) is 78.3 Å². The number of hydrogen-bond donors (Lipinski definition) is 6. The number of carbonyl (C=O) groups is 3. The van der Waals surface area contributed by atoms with Crippen molar-refractivity contribution in [2.24, 2.45) is 23.6 Å². The van der Waals surface area contributed by atoms with E-state index in [4.69, 9.17) is 67.0 Å². The van der Waals surface area contributed by atoms with Crippen LogP contribution in [0.25, 0.3) is 50.3 Å². The highest BCUT2D eigenvalue weighted by molar-refractivity contribution is 6.63. The molecule has 15 rings (SSSR count). The number of aromatic amines is 1. The number of alkyl halides is 3. The van der Waals surface area contributed by atoms with Crippen LogP contribution < -0.4 is 34.2 Å². The molecule has 9 aromatic heterocycles. The van der Waals surface area contributed by atoms with Gasteiger partial charge in [-0.3, -0.25) is 24.1 Å². The van der Waals surface area contributed by atoms with Crippen molar-refractivity contribution in [3.8, 4) is 33.4 Å². The number of ether oxygens (including phenoxy) is 1. The number of aromatic nitrogens is 15. The van der Waals surface area contributed by atoms with E-state index in [1.165, 1.54) is 38.5 Å². The minimum Gasteiger partial charge on any atom is -0.466 e. The van der Waals surface area contributed by atoms with Crippen molar-refractivity contribution in [3.63, 3.8) is 0 Å². The van der Waals surface area contributed by atoms with Crippen LogP contribution in [0.4, 0.5) is 22.2 Å². The molecule has 29 heteroatoms. The molecular formula is C71H79Cl3N20O6. The van der Waals surface area contributed by atoms with Crippen molar-refractivity contribution < 1.29 is 23.5 Å². The fraction of sp³-hybridized carbons (Fsp3) is 0.338. The van der Waals surface area contributed by atoms with Crippen molar-refractivity contribution in [3.05, 3.63) is 199 Å². The zero-order valence-electron chi connectivity index (χ0n) is 55.1. The van der Waals surface area contributed by atoms with Gasteiger partial charge in [0, 0.05) is 97.5 Å². The predicted molar refractivity (Wildman–Crippen MR) is 384 cm³/mol.